The van der Waals surface area contributed by atoms with E-state index in [2.05, 4.69) is 27.0 Å². The minimum atomic E-state index is -1.00. The lowest BCUT2D eigenvalue weighted by Gasteiger charge is -2.60. The molecule has 35 heavy (non-hydrogen) atoms. The highest BCUT2D eigenvalue weighted by Gasteiger charge is 2.70. The maximum Gasteiger partial charge on any atom is 0.309 e. The van der Waals surface area contributed by atoms with Crippen molar-refractivity contribution in [2.45, 2.75) is 91.5 Å². The van der Waals surface area contributed by atoms with E-state index in [0.29, 0.717) is 24.8 Å². The van der Waals surface area contributed by atoms with Gasteiger partial charge in [0.05, 0.1) is 17.4 Å². The van der Waals surface area contributed by atoms with Crippen molar-refractivity contribution in [3.63, 3.8) is 0 Å². The van der Waals surface area contributed by atoms with Gasteiger partial charge in [-0.25, -0.2) is 0 Å². The first-order valence-corrected chi connectivity index (χ1v) is 12.7. The summed E-state index contributed by atoms with van der Waals surface area (Å²) >= 11 is 0. The average molecular weight is 491 g/mol. The lowest BCUT2D eigenvalue weighted by Crippen LogP contribution is -2.63. The second-order valence-corrected chi connectivity index (χ2v) is 10.8. The third kappa shape index (κ3) is 4.75. The largest absolute Gasteiger partial charge is 0.458 e. The molecule has 1 saturated carbocycles. The number of carbonyl (C=O) groups excluding carboxylic acids is 2. The van der Waals surface area contributed by atoms with Crippen molar-refractivity contribution in [1.29, 1.82) is 0 Å². The van der Waals surface area contributed by atoms with Crippen LogP contribution in [0.25, 0.3) is 0 Å². The molecule has 7 nitrogen and oxygen atoms in total. The van der Waals surface area contributed by atoms with Crippen LogP contribution in [-0.4, -0.2) is 48.9 Å². The van der Waals surface area contributed by atoms with Crippen molar-refractivity contribution < 1.29 is 33.6 Å². The summed E-state index contributed by atoms with van der Waals surface area (Å²) in [6.45, 7) is 17.5. The minimum Gasteiger partial charge on any atom is -0.458 e. The SMILES string of the molecule is C=CC(=C)CC[C@]1(C)[C@H]2C[C@H](OC(=O)[C@@H](C)CC)C=C3[C@H](OC)O[C@H](OC(C)=O)[C@]32[C@H](O)C[C@@H]1C. The maximum absolute atomic E-state index is 12.7. The Bertz CT molecular complexity index is 879. The van der Waals surface area contributed by atoms with Gasteiger partial charge in [0, 0.05) is 19.6 Å². The highest BCUT2D eigenvalue weighted by Crippen LogP contribution is 2.67. The molecule has 3 rings (SSSR count). The van der Waals surface area contributed by atoms with Crippen molar-refractivity contribution >= 4 is 11.9 Å². The first kappa shape index (κ1) is 27.6. The van der Waals surface area contributed by atoms with Crippen LogP contribution >= 0.6 is 0 Å². The Morgan fingerprint density at radius 3 is 2.60 bits per heavy atom. The van der Waals surface area contributed by atoms with E-state index in [4.69, 9.17) is 18.9 Å². The van der Waals surface area contributed by atoms with Crippen LogP contribution in [0.1, 0.15) is 66.7 Å². The second-order valence-electron chi connectivity index (χ2n) is 10.8. The molecule has 3 aliphatic rings. The number of hydrogen-bond donors (Lipinski definition) is 1. The zero-order valence-corrected chi connectivity index (χ0v) is 22.0. The molecule has 0 amide bonds. The van der Waals surface area contributed by atoms with Crippen molar-refractivity contribution in [2.24, 2.45) is 28.6 Å². The van der Waals surface area contributed by atoms with Crippen LogP contribution in [0.15, 0.2) is 36.5 Å². The standard InChI is InChI=1S/C28H42O7/c1-9-16(3)11-12-27(7)18(5)13-23(30)28-21(25(32-8)35-26(28)33-19(6)29)14-20(15-22(27)28)34-24(31)17(4)10-2/h9,14,17-18,20,22-23,25-26,30H,1,3,10-13,15H2,2,4-8H3/t17-,18-,20+,22+,23+,25+,26-,27-,28+/m0/s1. The number of carbonyl (C=O) groups is 2. The molecule has 1 saturated heterocycles. The fourth-order valence-corrected chi connectivity index (χ4v) is 6.39. The number of aliphatic hydroxyl groups excluding tert-OH is 1. The number of hydrogen-bond acceptors (Lipinski definition) is 7. The second kappa shape index (κ2) is 10.6. The van der Waals surface area contributed by atoms with Gasteiger partial charge in [-0.2, -0.15) is 0 Å². The van der Waals surface area contributed by atoms with Gasteiger partial charge in [0.15, 0.2) is 6.29 Å². The summed E-state index contributed by atoms with van der Waals surface area (Å²) in [6, 6.07) is 0. The van der Waals surface area contributed by atoms with Crippen molar-refractivity contribution in [1.82, 2.24) is 0 Å². The third-order valence-electron chi connectivity index (χ3n) is 8.89. The molecule has 1 heterocycles. The van der Waals surface area contributed by atoms with Gasteiger partial charge in [0.2, 0.25) is 6.29 Å². The van der Waals surface area contributed by atoms with Crippen LogP contribution in [0.4, 0.5) is 0 Å². The predicted molar refractivity (Wildman–Crippen MR) is 132 cm³/mol. The average Bonchev–Trinajstić information content (AvgIpc) is 3.13. The van der Waals surface area contributed by atoms with E-state index in [1.54, 1.807) is 6.08 Å². The Kier molecular flexibility index (Phi) is 8.34. The smallest absolute Gasteiger partial charge is 0.309 e. The van der Waals surface area contributed by atoms with Crippen molar-refractivity contribution in [2.75, 3.05) is 7.11 Å². The third-order valence-corrected chi connectivity index (χ3v) is 8.89. The first-order valence-electron chi connectivity index (χ1n) is 12.7. The van der Waals surface area contributed by atoms with Crippen LogP contribution in [0.5, 0.6) is 0 Å². The Morgan fingerprint density at radius 1 is 1.34 bits per heavy atom. The highest BCUT2D eigenvalue weighted by molar-refractivity contribution is 5.72. The number of methoxy groups -OCH3 is 1. The van der Waals surface area contributed by atoms with Gasteiger partial charge in [0.1, 0.15) is 6.10 Å². The van der Waals surface area contributed by atoms with E-state index in [9.17, 15) is 14.7 Å². The predicted octanol–water partition coefficient (Wildman–Crippen LogP) is 4.70. The topological polar surface area (TPSA) is 91.3 Å². The van der Waals surface area contributed by atoms with E-state index in [0.717, 1.165) is 18.4 Å². The van der Waals surface area contributed by atoms with Crippen LogP contribution in [0.3, 0.4) is 0 Å². The Balaban J connectivity index is 2.15. The highest BCUT2D eigenvalue weighted by atomic mass is 16.8. The van der Waals surface area contributed by atoms with Gasteiger partial charge in [-0.1, -0.05) is 52.5 Å². The maximum atomic E-state index is 12.7. The molecule has 2 fully saturated rings. The number of ether oxygens (including phenoxy) is 4. The fraction of sp³-hybridized carbons (Fsp3) is 0.714. The summed E-state index contributed by atoms with van der Waals surface area (Å²) in [6.07, 6.45) is 3.72. The van der Waals surface area contributed by atoms with Crippen molar-refractivity contribution in [3.05, 3.63) is 36.5 Å². The van der Waals surface area contributed by atoms with Gasteiger partial charge in [-0.3, -0.25) is 9.59 Å². The van der Waals surface area contributed by atoms with Crippen molar-refractivity contribution in [3.8, 4) is 0 Å². The Morgan fingerprint density at radius 2 is 2.03 bits per heavy atom. The molecule has 1 N–H and O–H groups in total. The normalized spacial score (nSPS) is 39.0. The summed E-state index contributed by atoms with van der Waals surface area (Å²) < 4.78 is 23.5. The summed E-state index contributed by atoms with van der Waals surface area (Å²) in [7, 11) is 1.52. The van der Waals surface area contributed by atoms with Crippen LogP contribution in [0.2, 0.25) is 0 Å². The van der Waals surface area contributed by atoms with E-state index in [-0.39, 0.29) is 29.1 Å². The molecule has 2 aliphatic carbocycles. The van der Waals surface area contributed by atoms with Gasteiger partial charge in [-0.15, -0.1) is 0 Å². The van der Waals surface area contributed by atoms with Gasteiger partial charge >= 0.3 is 11.9 Å². The molecule has 0 bridgehead atoms. The molecule has 0 radical (unpaired) electrons. The minimum absolute atomic E-state index is 0.149. The van der Waals surface area contributed by atoms with Crippen LogP contribution < -0.4 is 0 Å². The number of esters is 2. The molecule has 0 unspecified atom stereocenters. The van der Waals surface area contributed by atoms with Crippen LogP contribution in [0, 0.1) is 28.6 Å². The number of allylic oxidation sites excluding steroid dienone is 2. The molecule has 9 atom stereocenters. The fourth-order valence-electron chi connectivity index (χ4n) is 6.39. The molecule has 7 heteroatoms. The summed E-state index contributed by atoms with van der Waals surface area (Å²) in [5.74, 6) is -1.01. The molecule has 196 valence electrons. The molecular formula is C28H42O7. The monoisotopic (exact) mass is 490 g/mol. The quantitative estimate of drug-likeness (QED) is 0.285. The van der Waals surface area contributed by atoms with E-state index in [1.807, 2.05) is 19.9 Å². The molecule has 1 spiro atoms. The van der Waals surface area contributed by atoms with Gasteiger partial charge in [-0.05, 0) is 55.4 Å². The molecule has 0 aromatic rings. The zero-order valence-electron chi connectivity index (χ0n) is 22.0. The lowest BCUT2D eigenvalue weighted by molar-refractivity contribution is -0.254. The first-order chi connectivity index (χ1) is 16.4. The Hall–Kier alpha value is -1.96. The van der Waals surface area contributed by atoms with Gasteiger partial charge in [0.25, 0.3) is 0 Å². The van der Waals surface area contributed by atoms with E-state index in [1.165, 1.54) is 14.0 Å². The lowest BCUT2D eigenvalue weighted by atomic mass is 9.45. The summed E-state index contributed by atoms with van der Waals surface area (Å²) in [5.41, 5.74) is 0.343. The molecular weight excluding hydrogens is 448 g/mol. The summed E-state index contributed by atoms with van der Waals surface area (Å²) in [5, 5.41) is 11.7. The number of rotatable bonds is 9. The van der Waals surface area contributed by atoms with E-state index < -0.39 is 36.2 Å². The van der Waals surface area contributed by atoms with Gasteiger partial charge < -0.3 is 24.1 Å². The molecule has 0 aromatic heterocycles. The zero-order chi connectivity index (χ0) is 26.1. The molecule has 0 aromatic carbocycles. The van der Waals surface area contributed by atoms with E-state index >= 15 is 0 Å². The number of aliphatic hydroxyl groups is 1. The molecule has 1 aliphatic heterocycles. The van der Waals surface area contributed by atoms with Crippen LogP contribution in [-0.2, 0) is 28.5 Å². The summed E-state index contributed by atoms with van der Waals surface area (Å²) in [4.78, 5) is 24.9. The Labute approximate surface area is 209 Å².